The molecule has 0 atom stereocenters. The van der Waals surface area contributed by atoms with E-state index in [9.17, 15) is 0 Å². The van der Waals surface area contributed by atoms with E-state index >= 15 is 0 Å². The number of aromatic nitrogens is 1. The SMILES string of the molecule is c1ccc(-c2ccccc2-c2oc(-c3ccc(-n4c5ccccc5c5ccccc54)cc3-c3ccccc3)c3ccccc23)cc1. The average molecular weight is 588 g/mol. The van der Waals surface area contributed by atoms with Crippen molar-refractivity contribution < 1.29 is 4.42 Å². The van der Waals surface area contributed by atoms with E-state index in [0.717, 1.165) is 55.8 Å². The van der Waals surface area contributed by atoms with E-state index < -0.39 is 0 Å². The lowest BCUT2D eigenvalue weighted by Gasteiger charge is -2.14. The maximum absolute atomic E-state index is 7.03. The molecule has 2 aromatic heterocycles. The van der Waals surface area contributed by atoms with Crippen LogP contribution in [0.3, 0.4) is 0 Å². The van der Waals surface area contributed by atoms with Crippen LogP contribution in [0.2, 0.25) is 0 Å². The molecule has 0 aliphatic rings. The van der Waals surface area contributed by atoms with Crippen LogP contribution in [-0.4, -0.2) is 4.57 Å². The van der Waals surface area contributed by atoms with E-state index in [1.165, 1.54) is 27.4 Å². The zero-order valence-electron chi connectivity index (χ0n) is 25.1. The average Bonchev–Trinajstić information content (AvgIpc) is 3.69. The Morgan fingerprint density at radius 3 is 1.35 bits per heavy atom. The Hall–Kier alpha value is -6.12. The van der Waals surface area contributed by atoms with Gasteiger partial charge in [-0.2, -0.15) is 0 Å². The molecule has 46 heavy (non-hydrogen) atoms. The van der Waals surface area contributed by atoms with Crippen molar-refractivity contribution in [1.29, 1.82) is 0 Å². The first kappa shape index (κ1) is 26.3. The predicted octanol–water partition coefficient (Wildman–Crippen LogP) is 12.2. The molecule has 2 heteroatoms. The van der Waals surface area contributed by atoms with Gasteiger partial charge < -0.3 is 8.98 Å². The second-order valence-electron chi connectivity index (χ2n) is 11.7. The topological polar surface area (TPSA) is 18.1 Å². The van der Waals surface area contributed by atoms with Gasteiger partial charge in [-0.15, -0.1) is 0 Å². The van der Waals surface area contributed by atoms with E-state index in [4.69, 9.17) is 4.42 Å². The van der Waals surface area contributed by atoms with Crippen LogP contribution in [0.15, 0.2) is 180 Å². The number of benzene rings is 7. The minimum atomic E-state index is 0.876. The molecular formula is C44H29NO. The Morgan fingerprint density at radius 2 is 0.761 bits per heavy atom. The summed E-state index contributed by atoms with van der Waals surface area (Å²) in [6.07, 6.45) is 0. The van der Waals surface area contributed by atoms with Crippen LogP contribution in [0.1, 0.15) is 0 Å². The number of para-hydroxylation sites is 2. The summed E-state index contributed by atoms with van der Waals surface area (Å²) in [5.41, 5.74) is 10.2. The van der Waals surface area contributed by atoms with Crippen LogP contribution >= 0.6 is 0 Å². The minimum absolute atomic E-state index is 0.876. The minimum Gasteiger partial charge on any atom is -0.455 e. The molecule has 0 aliphatic carbocycles. The van der Waals surface area contributed by atoms with Crippen molar-refractivity contribution in [2.75, 3.05) is 0 Å². The zero-order valence-corrected chi connectivity index (χ0v) is 25.1. The fraction of sp³-hybridized carbons (Fsp3) is 0. The molecule has 2 nitrogen and oxygen atoms in total. The third-order valence-corrected chi connectivity index (χ3v) is 9.05. The summed E-state index contributed by atoms with van der Waals surface area (Å²) in [6.45, 7) is 0. The van der Waals surface area contributed by atoms with Gasteiger partial charge in [-0.25, -0.2) is 0 Å². The molecule has 9 aromatic rings. The lowest BCUT2D eigenvalue weighted by atomic mass is 9.94. The van der Waals surface area contributed by atoms with Crippen LogP contribution in [0.4, 0.5) is 0 Å². The maximum Gasteiger partial charge on any atom is 0.143 e. The third-order valence-electron chi connectivity index (χ3n) is 9.05. The summed E-state index contributed by atoms with van der Waals surface area (Å²) in [4.78, 5) is 0. The summed E-state index contributed by atoms with van der Waals surface area (Å²) < 4.78 is 9.40. The van der Waals surface area contributed by atoms with Gasteiger partial charge in [0.1, 0.15) is 11.5 Å². The number of furan rings is 1. The fourth-order valence-electron chi connectivity index (χ4n) is 6.97. The summed E-state index contributed by atoms with van der Waals surface area (Å²) in [7, 11) is 0. The van der Waals surface area contributed by atoms with E-state index in [-0.39, 0.29) is 0 Å². The highest BCUT2D eigenvalue weighted by molar-refractivity contribution is 6.10. The first-order chi connectivity index (χ1) is 22.8. The quantitative estimate of drug-likeness (QED) is 0.196. The standard InChI is InChI=1S/C44H29NO/c1-3-15-30(16-4-1)33-19-7-8-22-36(33)43-37-23-9-10-24-38(37)44(46-43)39-28-27-32(29-40(39)31-17-5-2-6-18-31)45-41-25-13-11-20-34(41)35-21-12-14-26-42(35)45/h1-29H. The van der Waals surface area contributed by atoms with Gasteiger partial charge in [0.25, 0.3) is 0 Å². The monoisotopic (exact) mass is 587 g/mol. The Morgan fingerprint density at radius 1 is 0.326 bits per heavy atom. The molecule has 0 N–H and O–H groups in total. The van der Waals surface area contributed by atoms with Crippen LogP contribution in [0.25, 0.3) is 83.2 Å². The molecule has 2 heterocycles. The number of hydrogen-bond acceptors (Lipinski definition) is 1. The van der Waals surface area contributed by atoms with Crippen LogP contribution in [0.5, 0.6) is 0 Å². The van der Waals surface area contributed by atoms with E-state index in [0.29, 0.717) is 0 Å². The third kappa shape index (κ3) is 4.19. The van der Waals surface area contributed by atoms with Gasteiger partial charge in [0.05, 0.1) is 11.0 Å². The van der Waals surface area contributed by atoms with E-state index in [1.54, 1.807) is 0 Å². The van der Waals surface area contributed by atoms with Gasteiger partial charge in [-0.3, -0.25) is 0 Å². The molecule has 0 saturated heterocycles. The van der Waals surface area contributed by atoms with Gasteiger partial charge in [-0.1, -0.05) is 146 Å². The van der Waals surface area contributed by atoms with Crippen LogP contribution in [-0.2, 0) is 0 Å². The molecule has 0 aliphatic heterocycles. The molecule has 9 rings (SSSR count). The van der Waals surface area contributed by atoms with E-state index in [1.807, 2.05) is 0 Å². The van der Waals surface area contributed by atoms with Crippen molar-refractivity contribution in [2.24, 2.45) is 0 Å². The zero-order chi connectivity index (χ0) is 30.5. The highest BCUT2D eigenvalue weighted by Gasteiger charge is 2.22. The molecule has 0 amide bonds. The smallest absolute Gasteiger partial charge is 0.143 e. The predicted molar refractivity (Wildman–Crippen MR) is 192 cm³/mol. The highest BCUT2D eigenvalue weighted by Crippen LogP contribution is 2.45. The molecule has 0 saturated carbocycles. The van der Waals surface area contributed by atoms with Crippen molar-refractivity contribution in [3.63, 3.8) is 0 Å². The second kappa shape index (κ2) is 10.8. The first-order valence-corrected chi connectivity index (χ1v) is 15.7. The first-order valence-electron chi connectivity index (χ1n) is 15.7. The summed E-state index contributed by atoms with van der Waals surface area (Å²) in [6, 6.07) is 62.4. The normalized spacial score (nSPS) is 11.5. The largest absolute Gasteiger partial charge is 0.455 e. The van der Waals surface area contributed by atoms with Gasteiger partial charge in [-0.05, 0) is 52.6 Å². The molecule has 0 spiro atoms. The Bertz CT molecular complexity index is 2460. The number of fused-ring (bicyclic) bond motifs is 4. The molecule has 0 radical (unpaired) electrons. The summed E-state index contributed by atoms with van der Waals surface area (Å²) >= 11 is 0. The highest BCUT2D eigenvalue weighted by atomic mass is 16.3. The van der Waals surface area contributed by atoms with E-state index in [2.05, 4.69) is 180 Å². The lowest BCUT2D eigenvalue weighted by Crippen LogP contribution is -1.95. The molecule has 216 valence electrons. The molecule has 0 bridgehead atoms. The number of hydrogen-bond donors (Lipinski definition) is 0. The van der Waals surface area contributed by atoms with Crippen molar-refractivity contribution in [2.45, 2.75) is 0 Å². The Balaban J connectivity index is 1.30. The number of nitrogens with zero attached hydrogens (tertiary/aromatic N) is 1. The lowest BCUT2D eigenvalue weighted by molar-refractivity contribution is 0.602. The molecule has 0 fully saturated rings. The van der Waals surface area contributed by atoms with Gasteiger partial charge in [0, 0.05) is 38.4 Å². The molecule has 0 unspecified atom stereocenters. The van der Waals surface area contributed by atoms with Gasteiger partial charge in [0.2, 0.25) is 0 Å². The van der Waals surface area contributed by atoms with Crippen molar-refractivity contribution >= 4 is 32.6 Å². The maximum atomic E-state index is 7.03. The van der Waals surface area contributed by atoms with Gasteiger partial charge in [0.15, 0.2) is 0 Å². The number of rotatable bonds is 5. The van der Waals surface area contributed by atoms with Crippen molar-refractivity contribution in [3.8, 4) is 50.6 Å². The fourth-order valence-corrected chi connectivity index (χ4v) is 6.97. The second-order valence-corrected chi connectivity index (χ2v) is 11.7. The summed E-state index contributed by atoms with van der Waals surface area (Å²) in [5.74, 6) is 1.76. The van der Waals surface area contributed by atoms with Crippen molar-refractivity contribution in [1.82, 2.24) is 4.57 Å². The Labute approximate surface area is 267 Å². The Kier molecular flexibility index (Phi) is 6.17. The van der Waals surface area contributed by atoms with Crippen molar-refractivity contribution in [3.05, 3.63) is 176 Å². The van der Waals surface area contributed by atoms with Crippen LogP contribution in [0, 0.1) is 0 Å². The molecule has 7 aromatic carbocycles. The summed E-state index contributed by atoms with van der Waals surface area (Å²) in [5, 5.41) is 4.71. The molecular weight excluding hydrogens is 558 g/mol. The van der Waals surface area contributed by atoms with Gasteiger partial charge >= 0.3 is 0 Å². The van der Waals surface area contributed by atoms with Crippen LogP contribution < -0.4 is 0 Å².